The normalized spacial score (nSPS) is 16.8. The van der Waals surface area contributed by atoms with E-state index in [1.165, 1.54) is 18.1 Å². The van der Waals surface area contributed by atoms with E-state index in [9.17, 15) is 22.8 Å². The fourth-order valence-corrected chi connectivity index (χ4v) is 3.69. The van der Waals surface area contributed by atoms with Gasteiger partial charge in [0.25, 0.3) is 0 Å². The Hall–Kier alpha value is -2.78. The van der Waals surface area contributed by atoms with E-state index in [1.807, 2.05) is 12.1 Å². The van der Waals surface area contributed by atoms with Crippen LogP contribution in [0, 0.1) is 0 Å². The molecule has 0 bridgehead atoms. The Morgan fingerprint density at radius 2 is 1.94 bits per heavy atom. The molecule has 2 aromatic rings. The third-order valence-electron chi connectivity index (χ3n) is 5.63. The smallest absolute Gasteiger partial charge is 0.416 e. The van der Waals surface area contributed by atoms with E-state index in [0.717, 1.165) is 17.7 Å². The SMILES string of the molecule is CNC(C)C(=O)NC1CCc2ccccc2N(Cc2cc(C(F)(F)F)ccc2OC)C1=O.Cl. The van der Waals surface area contributed by atoms with E-state index in [4.69, 9.17) is 4.74 Å². The molecule has 0 saturated carbocycles. The molecule has 0 spiro atoms. The van der Waals surface area contributed by atoms with Gasteiger partial charge in [0, 0.05) is 11.3 Å². The predicted octanol–water partition coefficient (Wildman–Crippen LogP) is 3.71. The third kappa shape index (κ3) is 5.97. The highest BCUT2D eigenvalue weighted by atomic mass is 35.5. The maximum atomic E-state index is 13.5. The molecule has 33 heavy (non-hydrogen) atoms. The zero-order valence-corrected chi connectivity index (χ0v) is 19.3. The van der Waals surface area contributed by atoms with Gasteiger partial charge in [-0.25, -0.2) is 0 Å². The summed E-state index contributed by atoms with van der Waals surface area (Å²) in [7, 11) is 3.01. The second-order valence-electron chi connectivity index (χ2n) is 7.69. The van der Waals surface area contributed by atoms with E-state index < -0.39 is 23.8 Å². The molecule has 3 rings (SSSR count). The molecular formula is C23H27ClF3N3O3. The van der Waals surface area contributed by atoms with E-state index >= 15 is 0 Å². The van der Waals surface area contributed by atoms with Gasteiger partial charge >= 0.3 is 6.18 Å². The number of nitrogens with one attached hydrogen (secondary N) is 2. The number of halogens is 4. The van der Waals surface area contributed by atoms with Crippen LogP contribution < -0.4 is 20.3 Å². The Kier molecular flexibility index (Phi) is 8.74. The summed E-state index contributed by atoms with van der Waals surface area (Å²) in [6.07, 6.45) is -3.60. The van der Waals surface area contributed by atoms with Crippen molar-refractivity contribution in [1.82, 2.24) is 10.6 Å². The van der Waals surface area contributed by atoms with Crippen molar-refractivity contribution in [3.05, 3.63) is 59.2 Å². The van der Waals surface area contributed by atoms with Gasteiger partial charge in [0.2, 0.25) is 11.8 Å². The van der Waals surface area contributed by atoms with Crippen molar-refractivity contribution in [2.45, 2.75) is 44.6 Å². The van der Waals surface area contributed by atoms with Crippen molar-refractivity contribution in [2.75, 3.05) is 19.1 Å². The first-order valence-electron chi connectivity index (χ1n) is 10.3. The van der Waals surface area contributed by atoms with E-state index in [0.29, 0.717) is 18.5 Å². The van der Waals surface area contributed by atoms with Gasteiger partial charge in [-0.15, -0.1) is 12.4 Å². The van der Waals surface area contributed by atoms with Crippen molar-refractivity contribution >= 4 is 29.9 Å². The van der Waals surface area contributed by atoms with Crippen molar-refractivity contribution in [2.24, 2.45) is 0 Å². The molecule has 2 aromatic carbocycles. The Bertz CT molecular complexity index is 1000. The molecule has 0 saturated heterocycles. The van der Waals surface area contributed by atoms with Crippen LogP contribution in [0.1, 0.15) is 30.0 Å². The number of ether oxygens (including phenoxy) is 1. The molecule has 2 atom stereocenters. The third-order valence-corrected chi connectivity index (χ3v) is 5.63. The number of anilines is 1. The quantitative estimate of drug-likeness (QED) is 0.654. The number of likely N-dealkylation sites (N-methyl/N-ethyl adjacent to an activating group) is 1. The summed E-state index contributed by atoms with van der Waals surface area (Å²) in [6.45, 7) is 1.55. The number of carbonyl (C=O) groups is 2. The predicted molar refractivity (Wildman–Crippen MR) is 122 cm³/mol. The van der Waals surface area contributed by atoms with Gasteiger partial charge in [-0.05, 0) is 56.6 Å². The van der Waals surface area contributed by atoms with Gasteiger partial charge in [-0.3, -0.25) is 9.59 Å². The van der Waals surface area contributed by atoms with Gasteiger partial charge in [-0.1, -0.05) is 18.2 Å². The second-order valence-corrected chi connectivity index (χ2v) is 7.69. The summed E-state index contributed by atoms with van der Waals surface area (Å²) in [5.41, 5.74) is 0.887. The van der Waals surface area contributed by atoms with Gasteiger partial charge in [0.1, 0.15) is 11.8 Å². The molecule has 1 aliphatic rings. The first kappa shape index (κ1) is 26.5. The molecule has 2 N–H and O–H groups in total. The first-order valence-corrected chi connectivity index (χ1v) is 10.3. The minimum absolute atomic E-state index is 0. The monoisotopic (exact) mass is 485 g/mol. The topological polar surface area (TPSA) is 70.7 Å². The van der Waals surface area contributed by atoms with Crippen molar-refractivity contribution in [3.8, 4) is 5.75 Å². The van der Waals surface area contributed by atoms with E-state index in [2.05, 4.69) is 10.6 Å². The molecule has 1 aliphatic heterocycles. The zero-order valence-electron chi connectivity index (χ0n) is 18.5. The Morgan fingerprint density at radius 1 is 1.24 bits per heavy atom. The Labute approximate surface area is 196 Å². The fraction of sp³-hybridized carbons (Fsp3) is 0.391. The van der Waals surface area contributed by atoms with Crippen LogP contribution in [0.5, 0.6) is 5.75 Å². The number of rotatable bonds is 6. The molecule has 10 heteroatoms. The van der Waals surface area contributed by atoms with Crippen LogP contribution in [-0.4, -0.2) is 38.1 Å². The minimum Gasteiger partial charge on any atom is -0.496 e. The number of hydrogen-bond acceptors (Lipinski definition) is 4. The molecule has 0 radical (unpaired) electrons. The lowest BCUT2D eigenvalue weighted by atomic mass is 10.1. The number of carbonyl (C=O) groups excluding carboxylic acids is 2. The molecule has 0 aliphatic carbocycles. The molecule has 0 fully saturated rings. The maximum absolute atomic E-state index is 13.5. The average molecular weight is 486 g/mol. The largest absolute Gasteiger partial charge is 0.496 e. The number of nitrogens with zero attached hydrogens (tertiary/aromatic N) is 1. The maximum Gasteiger partial charge on any atom is 0.416 e. The molecular weight excluding hydrogens is 459 g/mol. The Balaban J connectivity index is 0.00000385. The number of fused-ring (bicyclic) bond motifs is 1. The number of amides is 2. The van der Waals surface area contributed by atoms with Crippen molar-refractivity contribution in [3.63, 3.8) is 0 Å². The van der Waals surface area contributed by atoms with Crippen molar-refractivity contribution in [1.29, 1.82) is 0 Å². The molecule has 6 nitrogen and oxygen atoms in total. The summed E-state index contributed by atoms with van der Waals surface area (Å²) in [5.74, 6) is -0.462. The number of aryl methyl sites for hydroxylation is 1. The number of para-hydroxylation sites is 1. The average Bonchev–Trinajstić information content (AvgIpc) is 2.90. The number of alkyl halides is 3. The van der Waals surface area contributed by atoms with Gasteiger partial charge < -0.3 is 20.3 Å². The highest BCUT2D eigenvalue weighted by Gasteiger charge is 2.34. The van der Waals surface area contributed by atoms with Crippen LogP contribution in [0.4, 0.5) is 18.9 Å². The standard InChI is InChI=1S/C23H26F3N3O3.ClH/c1-14(27-2)21(30)28-18-10-8-15-6-4-5-7-19(15)29(22(18)31)13-16-12-17(23(24,25)26)9-11-20(16)32-3;/h4-7,9,11-12,14,18,27H,8,10,13H2,1-3H3,(H,28,30);1H. The lowest BCUT2D eigenvalue weighted by Crippen LogP contribution is -2.52. The first-order chi connectivity index (χ1) is 15.2. The number of benzene rings is 2. The number of methoxy groups -OCH3 is 1. The summed E-state index contributed by atoms with van der Waals surface area (Å²) < 4.78 is 45.2. The molecule has 1 heterocycles. The zero-order chi connectivity index (χ0) is 23.5. The van der Waals surface area contributed by atoms with Crippen LogP contribution in [0.25, 0.3) is 0 Å². The second kappa shape index (κ2) is 10.9. The van der Waals surface area contributed by atoms with Gasteiger partial charge in [-0.2, -0.15) is 13.2 Å². The van der Waals surface area contributed by atoms with Crippen LogP contribution in [0.3, 0.4) is 0 Å². The highest BCUT2D eigenvalue weighted by Crippen LogP contribution is 2.35. The summed E-state index contributed by atoms with van der Waals surface area (Å²) in [6, 6.07) is 9.14. The number of hydrogen-bond donors (Lipinski definition) is 2. The van der Waals surface area contributed by atoms with E-state index in [-0.39, 0.29) is 42.1 Å². The van der Waals surface area contributed by atoms with Crippen LogP contribution in [-0.2, 0) is 28.7 Å². The lowest BCUT2D eigenvalue weighted by Gasteiger charge is -2.28. The van der Waals surface area contributed by atoms with Gasteiger partial charge in [0.05, 0.1) is 25.3 Å². The molecule has 0 aromatic heterocycles. The summed E-state index contributed by atoms with van der Waals surface area (Å²) in [4.78, 5) is 27.3. The molecule has 2 amide bonds. The molecule has 180 valence electrons. The van der Waals surface area contributed by atoms with Crippen molar-refractivity contribution < 1.29 is 27.5 Å². The summed E-state index contributed by atoms with van der Waals surface area (Å²) >= 11 is 0. The van der Waals surface area contributed by atoms with Crippen LogP contribution >= 0.6 is 12.4 Å². The minimum atomic E-state index is -4.53. The fourth-order valence-electron chi connectivity index (χ4n) is 3.69. The Morgan fingerprint density at radius 3 is 2.58 bits per heavy atom. The van der Waals surface area contributed by atoms with Crippen LogP contribution in [0.15, 0.2) is 42.5 Å². The van der Waals surface area contributed by atoms with E-state index in [1.54, 1.807) is 26.1 Å². The summed E-state index contributed by atoms with van der Waals surface area (Å²) in [5, 5.41) is 5.60. The lowest BCUT2D eigenvalue weighted by molar-refractivity contribution is -0.137. The van der Waals surface area contributed by atoms with Gasteiger partial charge in [0.15, 0.2) is 0 Å². The highest BCUT2D eigenvalue weighted by molar-refractivity contribution is 6.00. The molecule has 2 unspecified atom stereocenters. The van der Waals surface area contributed by atoms with Crippen LogP contribution in [0.2, 0.25) is 0 Å².